The Balaban J connectivity index is 1.57. The largest absolute Gasteiger partial charge is 0.372 e. The topological polar surface area (TPSA) is 58.6 Å². The van der Waals surface area contributed by atoms with E-state index >= 15 is 0 Å². The maximum absolute atomic E-state index is 12.9. The van der Waals surface area contributed by atoms with Crippen LogP contribution in [0.2, 0.25) is 5.15 Å². The molecule has 0 bridgehead atoms. The van der Waals surface area contributed by atoms with E-state index in [4.69, 9.17) is 16.3 Å². The number of carbonyl (C=O) groups excluding carboxylic acids is 1. The van der Waals surface area contributed by atoms with E-state index in [0.29, 0.717) is 31.3 Å². The molecule has 8 heteroatoms. The fourth-order valence-corrected chi connectivity index (χ4v) is 5.09. The first-order chi connectivity index (χ1) is 11.5. The molecule has 2 amide bonds. The molecule has 2 aromatic heterocycles. The molecule has 128 valence electrons. The summed E-state index contributed by atoms with van der Waals surface area (Å²) in [5.74, 6) is 0. The van der Waals surface area contributed by atoms with Gasteiger partial charge in [-0.2, -0.15) is 0 Å². The van der Waals surface area contributed by atoms with Gasteiger partial charge in [-0.05, 0) is 25.8 Å². The lowest BCUT2D eigenvalue weighted by molar-refractivity contribution is -0.0585. The predicted octanol–water partition coefficient (Wildman–Crippen LogP) is 2.93. The summed E-state index contributed by atoms with van der Waals surface area (Å²) < 4.78 is 5.72. The third-order valence-corrected chi connectivity index (χ3v) is 5.96. The summed E-state index contributed by atoms with van der Waals surface area (Å²) in [7, 11) is 0. The van der Waals surface area contributed by atoms with E-state index in [0.717, 1.165) is 16.6 Å². The van der Waals surface area contributed by atoms with Crippen molar-refractivity contribution in [3.05, 3.63) is 21.9 Å². The molecule has 4 heterocycles. The summed E-state index contributed by atoms with van der Waals surface area (Å²) in [6.07, 6.45) is 2.45. The Hall–Kier alpha value is -1.44. The molecular formula is C16H19ClN4O2S. The number of thiophene rings is 1. The van der Waals surface area contributed by atoms with E-state index in [1.807, 2.05) is 23.6 Å². The number of hydrogen-bond donors (Lipinski definition) is 0. The highest BCUT2D eigenvalue weighted by Crippen LogP contribution is 2.37. The van der Waals surface area contributed by atoms with E-state index < -0.39 is 0 Å². The smallest absolute Gasteiger partial charge is 0.320 e. The van der Waals surface area contributed by atoms with Crippen molar-refractivity contribution in [2.75, 3.05) is 19.6 Å². The first-order valence-corrected chi connectivity index (χ1v) is 9.32. The number of rotatable bonds is 0. The summed E-state index contributed by atoms with van der Waals surface area (Å²) in [5, 5.41) is 1.47. The average Bonchev–Trinajstić information content (AvgIpc) is 2.92. The lowest BCUT2D eigenvalue weighted by atomic mass is 10.1. The van der Waals surface area contributed by atoms with Crippen LogP contribution in [0.4, 0.5) is 4.79 Å². The van der Waals surface area contributed by atoms with Crippen molar-refractivity contribution in [2.45, 2.75) is 39.0 Å². The molecule has 0 N–H and O–H groups in total. The second-order valence-electron chi connectivity index (χ2n) is 6.46. The fourth-order valence-electron chi connectivity index (χ4n) is 3.59. The van der Waals surface area contributed by atoms with Crippen LogP contribution in [0.15, 0.2) is 6.33 Å². The average molecular weight is 367 g/mol. The lowest BCUT2D eigenvalue weighted by Crippen LogP contribution is -2.53. The molecule has 1 saturated heterocycles. The van der Waals surface area contributed by atoms with Gasteiger partial charge >= 0.3 is 6.03 Å². The van der Waals surface area contributed by atoms with Crippen molar-refractivity contribution in [1.82, 2.24) is 19.8 Å². The number of ether oxygens (including phenoxy) is 1. The molecule has 1 fully saturated rings. The van der Waals surface area contributed by atoms with Gasteiger partial charge in [-0.1, -0.05) is 11.6 Å². The van der Waals surface area contributed by atoms with Crippen LogP contribution in [0.5, 0.6) is 0 Å². The summed E-state index contributed by atoms with van der Waals surface area (Å²) in [6, 6.07) is 0.0947. The highest BCUT2D eigenvalue weighted by atomic mass is 35.5. The number of amides is 2. The summed E-state index contributed by atoms with van der Waals surface area (Å²) in [5.41, 5.74) is 1.20. The standard InChI is InChI=1S/C16H19ClN4O2S/c1-9-5-21(6-10(2)23-9)16(22)20-4-3-11-12(7-20)24-15-13(11)14(17)18-8-19-15/h8-10H,3-7H2,1-2H3. The molecular weight excluding hydrogens is 348 g/mol. The van der Waals surface area contributed by atoms with Gasteiger partial charge in [0.05, 0.1) is 24.1 Å². The molecule has 24 heavy (non-hydrogen) atoms. The summed E-state index contributed by atoms with van der Waals surface area (Å²) >= 11 is 7.85. The molecule has 2 unspecified atom stereocenters. The molecule has 0 saturated carbocycles. The zero-order chi connectivity index (χ0) is 16.8. The van der Waals surface area contributed by atoms with Crippen molar-refractivity contribution < 1.29 is 9.53 Å². The predicted molar refractivity (Wildman–Crippen MR) is 93.5 cm³/mol. The molecule has 0 aromatic carbocycles. The number of halogens is 1. The second-order valence-corrected chi connectivity index (χ2v) is 7.91. The normalized spacial score (nSPS) is 24.3. The first kappa shape index (κ1) is 16.1. The van der Waals surface area contributed by atoms with Gasteiger partial charge in [-0.25, -0.2) is 14.8 Å². The number of urea groups is 1. The van der Waals surface area contributed by atoms with Gasteiger partial charge in [0, 0.05) is 24.5 Å². The van der Waals surface area contributed by atoms with E-state index in [1.54, 1.807) is 11.3 Å². The zero-order valence-electron chi connectivity index (χ0n) is 13.7. The second kappa shape index (κ2) is 6.13. The summed E-state index contributed by atoms with van der Waals surface area (Å²) in [4.78, 5) is 27.2. The summed E-state index contributed by atoms with van der Waals surface area (Å²) in [6.45, 7) is 6.63. The SMILES string of the molecule is CC1CN(C(=O)N2CCc3c(sc4ncnc(Cl)c34)C2)CC(C)O1. The van der Waals surface area contributed by atoms with Gasteiger partial charge in [0.2, 0.25) is 0 Å². The van der Waals surface area contributed by atoms with Gasteiger partial charge in [-0.15, -0.1) is 11.3 Å². The Bertz CT molecular complexity index is 786. The lowest BCUT2D eigenvalue weighted by Gasteiger charge is -2.39. The third-order valence-electron chi connectivity index (χ3n) is 4.55. The number of hydrogen-bond acceptors (Lipinski definition) is 5. The highest BCUT2D eigenvalue weighted by molar-refractivity contribution is 7.19. The van der Waals surface area contributed by atoms with Gasteiger partial charge in [0.25, 0.3) is 0 Å². The Morgan fingerprint density at radius 1 is 1.29 bits per heavy atom. The number of fused-ring (bicyclic) bond motifs is 3. The van der Waals surface area contributed by atoms with Crippen molar-refractivity contribution >= 4 is 39.2 Å². The molecule has 2 aromatic rings. The Morgan fingerprint density at radius 3 is 2.79 bits per heavy atom. The van der Waals surface area contributed by atoms with Crippen LogP contribution in [0.25, 0.3) is 10.2 Å². The molecule has 0 radical (unpaired) electrons. The molecule has 0 spiro atoms. The molecule has 2 aliphatic heterocycles. The van der Waals surface area contributed by atoms with Crippen molar-refractivity contribution in [3.8, 4) is 0 Å². The highest BCUT2D eigenvalue weighted by Gasteiger charge is 2.32. The van der Waals surface area contributed by atoms with Crippen LogP contribution in [-0.2, 0) is 17.7 Å². The monoisotopic (exact) mass is 366 g/mol. The van der Waals surface area contributed by atoms with Gasteiger partial charge < -0.3 is 14.5 Å². The van der Waals surface area contributed by atoms with Crippen LogP contribution in [-0.4, -0.2) is 57.6 Å². The molecule has 6 nitrogen and oxygen atoms in total. The van der Waals surface area contributed by atoms with Crippen LogP contribution in [0, 0.1) is 0 Å². The van der Waals surface area contributed by atoms with Gasteiger partial charge in [0.1, 0.15) is 16.3 Å². The van der Waals surface area contributed by atoms with E-state index in [2.05, 4.69) is 9.97 Å². The molecule has 2 atom stereocenters. The van der Waals surface area contributed by atoms with Crippen molar-refractivity contribution in [3.63, 3.8) is 0 Å². The van der Waals surface area contributed by atoms with Crippen LogP contribution < -0.4 is 0 Å². The molecule has 4 rings (SSSR count). The van der Waals surface area contributed by atoms with E-state index in [1.165, 1.54) is 16.8 Å². The van der Waals surface area contributed by atoms with E-state index in [-0.39, 0.29) is 18.2 Å². The third kappa shape index (κ3) is 2.74. The Kier molecular flexibility index (Phi) is 4.10. The minimum atomic E-state index is 0.0801. The minimum Gasteiger partial charge on any atom is -0.372 e. The Labute approximate surface area is 149 Å². The Morgan fingerprint density at radius 2 is 2.04 bits per heavy atom. The number of nitrogens with zero attached hydrogens (tertiary/aromatic N) is 4. The number of morpholine rings is 1. The number of carbonyl (C=O) groups is 1. The molecule has 0 aliphatic carbocycles. The number of aromatic nitrogens is 2. The van der Waals surface area contributed by atoms with E-state index in [9.17, 15) is 4.79 Å². The molecule has 2 aliphatic rings. The van der Waals surface area contributed by atoms with Crippen LogP contribution in [0.1, 0.15) is 24.3 Å². The van der Waals surface area contributed by atoms with Crippen molar-refractivity contribution in [1.29, 1.82) is 0 Å². The maximum Gasteiger partial charge on any atom is 0.320 e. The zero-order valence-corrected chi connectivity index (χ0v) is 15.2. The fraction of sp³-hybridized carbons (Fsp3) is 0.562. The van der Waals surface area contributed by atoms with Crippen molar-refractivity contribution in [2.24, 2.45) is 0 Å². The van der Waals surface area contributed by atoms with Crippen LogP contribution >= 0.6 is 22.9 Å². The maximum atomic E-state index is 12.9. The van der Waals surface area contributed by atoms with Gasteiger partial charge in [-0.3, -0.25) is 0 Å². The van der Waals surface area contributed by atoms with Gasteiger partial charge in [0.15, 0.2) is 0 Å². The van der Waals surface area contributed by atoms with Crippen LogP contribution in [0.3, 0.4) is 0 Å². The minimum absolute atomic E-state index is 0.0801. The quantitative estimate of drug-likeness (QED) is 0.673. The first-order valence-electron chi connectivity index (χ1n) is 8.13.